The fourth-order valence-electron chi connectivity index (χ4n) is 2.97. The summed E-state index contributed by atoms with van der Waals surface area (Å²) in [5.41, 5.74) is 0.913. The highest BCUT2D eigenvalue weighted by atomic mass is 32.2. The molecule has 8 heteroatoms. The molecule has 1 aliphatic heterocycles. The molecule has 6 nitrogen and oxygen atoms in total. The molecule has 0 aliphatic carbocycles. The molecule has 146 valence electrons. The Kier molecular flexibility index (Phi) is 5.85. The van der Waals surface area contributed by atoms with Crippen molar-refractivity contribution in [2.75, 3.05) is 38.2 Å². The fourth-order valence-corrected chi connectivity index (χ4v) is 4.12. The Bertz CT molecular complexity index is 988. The zero-order valence-corrected chi connectivity index (χ0v) is 16.2. The van der Waals surface area contributed by atoms with Crippen molar-refractivity contribution in [2.24, 2.45) is 0 Å². The number of ether oxygens (including phenoxy) is 1. The molecule has 0 radical (unpaired) electrons. The molecule has 0 amide bonds. The number of hydrogen-bond acceptors (Lipinski definition) is 6. The molecule has 1 saturated heterocycles. The summed E-state index contributed by atoms with van der Waals surface area (Å²) in [4.78, 5) is 3.66. The Morgan fingerprint density at radius 1 is 1.07 bits per heavy atom. The Morgan fingerprint density at radius 3 is 2.21 bits per heavy atom. The molecule has 1 fully saturated rings. The van der Waals surface area contributed by atoms with Crippen LogP contribution in [-0.4, -0.2) is 46.6 Å². The minimum atomic E-state index is -3.90. The fraction of sp³-hybridized carbons (Fsp3) is 0.250. The summed E-state index contributed by atoms with van der Waals surface area (Å²) >= 11 is 0. The van der Waals surface area contributed by atoms with Crippen molar-refractivity contribution >= 4 is 15.5 Å². The predicted octanol–water partition coefficient (Wildman–Crippen LogP) is 2.80. The molecule has 2 aromatic carbocycles. The number of hydrogen-bond donors (Lipinski definition) is 0. The molecule has 0 bridgehead atoms. The van der Waals surface area contributed by atoms with Crippen LogP contribution >= 0.6 is 0 Å². The summed E-state index contributed by atoms with van der Waals surface area (Å²) < 4.78 is 43.6. The number of benzene rings is 2. The molecule has 2 aromatic rings. The van der Waals surface area contributed by atoms with Crippen LogP contribution in [0, 0.1) is 17.1 Å². The zero-order chi connectivity index (χ0) is 20.1. The summed E-state index contributed by atoms with van der Waals surface area (Å²) in [7, 11) is -2.40. The van der Waals surface area contributed by atoms with Crippen LogP contribution in [0.1, 0.15) is 0 Å². The number of nitrogens with zero attached hydrogens (tertiary/aromatic N) is 3. The molecule has 0 saturated carbocycles. The molecular formula is C20H20FN3O3S. The van der Waals surface area contributed by atoms with Gasteiger partial charge in [-0.1, -0.05) is 0 Å². The average molecular weight is 401 g/mol. The van der Waals surface area contributed by atoms with Gasteiger partial charge in [-0.3, -0.25) is 0 Å². The lowest BCUT2D eigenvalue weighted by atomic mass is 10.2. The predicted molar refractivity (Wildman–Crippen MR) is 104 cm³/mol. The first-order valence-electron chi connectivity index (χ1n) is 8.69. The van der Waals surface area contributed by atoms with E-state index in [-0.39, 0.29) is 15.6 Å². The Morgan fingerprint density at radius 2 is 1.68 bits per heavy atom. The van der Waals surface area contributed by atoms with Crippen molar-refractivity contribution in [3.63, 3.8) is 0 Å². The maximum Gasteiger partial charge on any atom is 0.218 e. The second-order valence-electron chi connectivity index (χ2n) is 6.28. The van der Waals surface area contributed by atoms with Crippen LogP contribution in [0.5, 0.6) is 5.75 Å². The number of sulfone groups is 1. The molecule has 0 spiro atoms. The van der Waals surface area contributed by atoms with Crippen molar-refractivity contribution in [3.8, 4) is 11.8 Å². The van der Waals surface area contributed by atoms with E-state index in [2.05, 4.69) is 4.90 Å². The third kappa shape index (κ3) is 4.26. The van der Waals surface area contributed by atoms with Gasteiger partial charge in [0.15, 0.2) is 4.91 Å². The van der Waals surface area contributed by atoms with E-state index in [0.717, 1.165) is 5.69 Å². The van der Waals surface area contributed by atoms with E-state index in [1.807, 2.05) is 11.0 Å². The van der Waals surface area contributed by atoms with Crippen LogP contribution in [0.15, 0.2) is 64.5 Å². The minimum absolute atomic E-state index is 0.0473. The molecule has 0 aromatic heterocycles. The van der Waals surface area contributed by atoms with Crippen molar-refractivity contribution in [2.45, 2.75) is 4.90 Å². The highest BCUT2D eigenvalue weighted by molar-refractivity contribution is 7.95. The smallest absolute Gasteiger partial charge is 0.218 e. The van der Waals surface area contributed by atoms with E-state index < -0.39 is 9.84 Å². The van der Waals surface area contributed by atoms with Crippen molar-refractivity contribution < 1.29 is 17.5 Å². The van der Waals surface area contributed by atoms with E-state index in [4.69, 9.17) is 4.74 Å². The van der Waals surface area contributed by atoms with E-state index in [0.29, 0.717) is 31.9 Å². The van der Waals surface area contributed by atoms with E-state index in [1.165, 1.54) is 37.6 Å². The van der Waals surface area contributed by atoms with Gasteiger partial charge in [-0.05, 0) is 48.5 Å². The summed E-state index contributed by atoms with van der Waals surface area (Å²) in [6.07, 6.45) is 1.40. The minimum Gasteiger partial charge on any atom is -0.497 e. The first-order chi connectivity index (χ1) is 13.4. The number of nitriles is 1. The van der Waals surface area contributed by atoms with Gasteiger partial charge in [0.2, 0.25) is 9.84 Å². The maximum atomic E-state index is 13.1. The molecular weight excluding hydrogens is 381 g/mol. The van der Waals surface area contributed by atoms with Crippen LogP contribution in [0.2, 0.25) is 0 Å². The lowest BCUT2D eigenvalue weighted by Crippen LogP contribution is -2.44. The van der Waals surface area contributed by atoms with Crippen LogP contribution in [0.4, 0.5) is 10.1 Å². The topological polar surface area (TPSA) is 73.6 Å². The van der Waals surface area contributed by atoms with Gasteiger partial charge in [-0.2, -0.15) is 5.26 Å². The Balaban J connectivity index is 1.72. The first kappa shape index (κ1) is 19.7. The number of allylic oxidation sites excluding steroid dienone is 1. The van der Waals surface area contributed by atoms with Crippen molar-refractivity contribution in [1.82, 2.24) is 4.90 Å². The van der Waals surface area contributed by atoms with Gasteiger partial charge >= 0.3 is 0 Å². The van der Waals surface area contributed by atoms with Gasteiger partial charge in [0.05, 0.1) is 12.0 Å². The lowest BCUT2D eigenvalue weighted by molar-refractivity contribution is 0.348. The van der Waals surface area contributed by atoms with Crippen molar-refractivity contribution in [1.29, 1.82) is 5.26 Å². The highest BCUT2D eigenvalue weighted by Crippen LogP contribution is 2.23. The number of halogens is 1. The zero-order valence-electron chi connectivity index (χ0n) is 15.4. The maximum absolute atomic E-state index is 13.1. The van der Waals surface area contributed by atoms with Gasteiger partial charge in [-0.25, -0.2) is 12.8 Å². The summed E-state index contributed by atoms with van der Waals surface area (Å²) in [6, 6.07) is 14.0. The van der Waals surface area contributed by atoms with Gasteiger partial charge in [0.1, 0.15) is 17.6 Å². The van der Waals surface area contributed by atoms with Crippen LogP contribution in [-0.2, 0) is 9.84 Å². The van der Waals surface area contributed by atoms with Gasteiger partial charge in [0.25, 0.3) is 0 Å². The summed E-state index contributed by atoms with van der Waals surface area (Å²) in [6.45, 7) is 2.40. The normalized spacial score (nSPS) is 15.2. The van der Waals surface area contributed by atoms with E-state index in [1.54, 1.807) is 24.3 Å². The monoisotopic (exact) mass is 401 g/mol. The Hall–Kier alpha value is -3.05. The van der Waals surface area contributed by atoms with Crippen LogP contribution in [0.3, 0.4) is 0 Å². The molecule has 28 heavy (non-hydrogen) atoms. The molecule has 1 aliphatic rings. The molecule has 1 heterocycles. The van der Waals surface area contributed by atoms with Gasteiger partial charge in [-0.15, -0.1) is 0 Å². The van der Waals surface area contributed by atoms with Crippen LogP contribution in [0.25, 0.3) is 0 Å². The second kappa shape index (κ2) is 8.31. The molecule has 0 unspecified atom stereocenters. The van der Waals surface area contributed by atoms with Gasteiger partial charge < -0.3 is 14.5 Å². The summed E-state index contributed by atoms with van der Waals surface area (Å²) in [5.74, 6) is 0.256. The standard InChI is InChI=1S/C20H20FN3O3S/c1-27-18-6-8-19(9-7-18)28(25,26)20(14-22)15-23-10-12-24(13-11-23)17-4-2-16(21)3-5-17/h2-9,15H,10-13H2,1H3. The summed E-state index contributed by atoms with van der Waals surface area (Å²) in [5, 5.41) is 9.42. The molecule has 3 rings (SSSR count). The van der Waals surface area contributed by atoms with Gasteiger partial charge in [0, 0.05) is 38.1 Å². The number of rotatable bonds is 5. The quantitative estimate of drug-likeness (QED) is 0.718. The van der Waals surface area contributed by atoms with Crippen molar-refractivity contribution in [3.05, 3.63) is 65.5 Å². The second-order valence-corrected chi connectivity index (χ2v) is 8.20. The third-order valence-corrected chi connectivity index (χ3v) is 6.24. The Labute approximate surface area is 164 Å². The largest absolute Gasteiger partial charge is 0.497 e. The van der Waals surface area contributed by atoms with Crippen LogP contribution < -0.4 is 9.64 Å². The third-order valence-electron chi connectivity index (χ3n) is 4.58. The highest BCUT2D eigenvalue weighted by Gasteiger charge is 2.23. The SMILES string of the molecule is COc1ccc(S(=O)(=O)C(C#N)=CN2CCN(c3ccc(F)cc3)CC2)cc1. The van der Waals surface area contributed by atoms with E-state index in [9.17, 15) is 18.1 Å². The number of piperazine rings is 1. The molecule has 0 atom stereocenters. The first-order valence-corrected chi connectivity index (χ1v) is 10.2. The number of methoxy groups -OCH3 is 1. The molecule has 0 N–H and O–H groups in total. The lowest BCUT2D eigenvalue weighted by Gasteiger charge is -2.35. The number of anilines is 1. The average Bonchev–Trinajstić information content (AvgIpc) is 2.73. The van der Waals surface area contributed by atoms with E-state index >= 15 is 0 Å².